The summed E-state index contributed by atoms with van der Waals surface area (Å²) in [6.07, 6.45) is 4.50. The number of benzene rings is 1. The van der Waals surface area contributed by atoms with E-state index >= 15 is 0 Å². The lowest BCUT2D eigenvalue weighted by Gasteiger charge is -2.28. The average molecular weight is 355 g/mol. The number of anilines is 1. The Kier molecular flexibility index (Phi) is 7.73. The summed E-state index contributed by atoms with van der Waals surface area (Å²) < 4.78 is 26.1. The van der Waals surface area contributed by atoms with Crippen molar-refractivity contribution in [3.05, 3.63) is 29.3 Å². The first-order valence-electron chi connectivity index (χ1n) is 8.58. The van der Waals surface area contributed by atoms with Crippen LogP contribution in [0.1, 0.15) is 44.7 Å². The first-order valence-corrected chi connectivity index (χ1v) is 10.4. The number of nitrogens with zero attached hydrogens (tertiary/aromatic N) is 2. The van der Waals surface area contributed by atoms with E-state index in [1.54, 1.807) is 11.9 Å². The molecular weight excluding hydrogens is 324 g/mol. The maximum atomic E-state index is 12.5. The summed E-state index contributed by atoms with van der Waals surface area (Å²) in [6, 6.07) is 5.80. The molecule has 0 atom stereocenters. The predicted octanol–water partition coefficient (Wildman–Crippen LogP) is 2.84. The maximum Gasteiger partial charge on any atom is 0.243 e. The van der Waals surface area contributed by atoms with Gasteiger partial charge in [-0.2, -0.15) is 0 Å². The average Bonchev–Trinajstić information content (AvgIpc) is 2.55. The van der Waals surface area contributed by atoms with Crippen molar-refractivity contribution in [1.29, 1.82) is 0 Å². The molecule has 0 spiro atoms. The molecular formula is C18H30N2O3S. The molecule has 0 fully saturated rings. The molecule has 0 heterocycles. The number of para-hydroxylation sites is 1. The minimum atomic E-state index is -3.55. The topological polar surface area (TPSA) is 57.7 Å². The lowest BCUT2D eigenvalue weighted by Crippen LogP contribution is -2.42. The standard InChI is InChI=1S/C18H30N2O3S/c1-6-9-13-19(4)17(21)14-20(24(5,22)23)18-15(7-2)11-10-12-16(18)8-3/h10-12H,6-9,13-14H2,1-5H3. The van der Waals surface area contributed by atoms with E-state index in [2.05, 4.69) is 6.92 Å². The zero-order chi connectivity index (χ0) is 18.3. The van der Waals surface area contributed by atoms with Crippen LogP contribution in [0.5, 0.6) is 0 Å². The highest BCUT2D eigenvalue weighted by molar-refractivity contribution is 7.92. The molecule has 5 nitrogen and oxygen atoms in total. The van der Waals surface area contributed by atoms with Gasteiger partial charge in [-0.15, -0.1) is 0 Å². The van der Waals surface area contributed by atoms with Gasteiger partial charge in [0.25, 0.3) is 0 Å². The Labute approximate surface area is 146 Å². The second-order valence-electron chi connectivity index (χ2n) is 6.07. The van der Waals surface area contributed by atoms with Gasteiger partial charge in [-0.25, -0.2) is 8.42 Å². The molecule has 1 rings (SSSR count). The molecule has 0 aliphatic rings. The van der Waals surface area contributed by atoms with Gasteiger partial charge in [0, 0.05) is 13.6 Å². The summed E-state index contributed by atoms with van der Waals surface area (Å²) in [5.74, 6) is -0.179. The van der Waals surface area contributed by atoms with E-state index in [0.717, 1.165) is 43.1 Å². The van der Waals surface area contributed by atoms with Gasteiger partial charge in [-0.3, -0.25) is 9.10 Å². The van der Waals surface area contributed by atoms with Crippen LogP contribution in [0, 0.1) is 0 Å². The van der Waals surface area contributed by atoms with Gasteiger partial charge in [0.05, 0.1) is 11.9 Å². The Morgan fingerprint density at radius 1 is 1.08 bits per heavy atom. The third-order valence-electron chi connectivity index (χ3n) is 4.17. The highest BCUT2D eigenvalue weighted by Gasteiger charge is 2.26. The number of hydrogen-bond donors (Lipinski definition) is 0. The van der Waals surface area contributed by atoms with Crippen LogP contribution in [0.4, 0.5) is 5.69 Å². The molecule has 0 N–H and O–H groups in total. The summed E-state index contributed by atoms with van der Waals surface area (Å²) in [6.45, 7) is 6.54. The van der Waals surface area contributed by atoms with Crippen molar-refractivity contribution in [3.8, 4) is 0 Å². The van der Waals surface area contributed by atoms with Crippen molar-refractivity contribution >= 4 is 21.6 Å². The second kappa shape index (κ2) is 9.06. The van der Waals surface area contributed by atoms with Crippen molar-refractivity contribution < 1.29 is 13.2 Å². The molecule has 0 radical (unpaired) electrons. The highest BCUT2D eigenvalue weighted by Crippen LogP contribution is 2.29. The number of carbonyl (C=O) groups excluding carboxylic acids is 1. The van der Waals surface area contributed by atoms with Crippen molar-refractivity contribution in [2.45, 2.75) is 46.5 Å². The Hall–Kier alpha value is -1.56. The number of aryl methyl sites for hydroxylation is 2. The third-order valence-corrected chi connectivity index (χ3v) is 5.28. The van der Waals surface area contributed by atoms with Crippen LogP contribution in [0.15, 0.2) is 18.2 Å². The second-order valence-corrected chi connectivity index (χ2v) is 7.98. The fourth-order valence-corrected chi connectivity index (χ4v) is 3.57. The lowest BCUT2D eigenvalue weighted by molar-refractivity contribution is -0.128. The van der Waals surface area contributed by atoms with Crippen molar-refractivity contribution in [3.63, 3.8) is 0 Å². The number of likely N-dealkylation sites (N-methyl/N-ethyl adjacent to an activating group) is 1. The molecule has 1 aromatic rings. The number of amides is 1. The molecule has 0 aliphatic carbocycles. The van der Waals surface area contributed by atoms with E-state index in [0.29, 0.717) is 12.2 Å². The summed E-state index contributed by atoms with van der Waals surface area (Å²) in [7, 11) is -1.82. The molecule has 0 saturated heterocycles. The minimum absolute atomic E-state index is 0.150. The van der Waals surface area contributed by atoms with Crippen molar-refractivity contribution in [2.75, 3.05) is 30.7 Å². The van der Waals surface area contributed by atoms with Crippen LogP contribution in [0.3, 0.4) is 0 Å². The molecule has 0 aromatic heterocycles. The van der Waals surface area contributed by atoms with Crippen LogP contribution >= 0.6 is 0 Å². The van der Waals surface area contributed by atoms with Crippen LogP contribution in [0.2, 0.25) is 0 Å². The summed E-state index contributed by atoms with van der Waals surface area (Å²) >= 11 is 0. The first kappa shape index (κ1) is 20.5. The van der Waals surface area contributed by atoms with Crippen LogP contribution < -0.4 is 4.31 Å². The third kappa shape index (κ3) is 5.23. The molecule has 0 saturated carbocycles. The van der Waals surface area contributed by atoms with E-state index < -0.39 is 10.0 Å². The van der Waals surface area contributed by atoms with E-state index in [1.807, 2.05) is 32.0 Å². The summed E-state index contributed by atoms with van der Waals surface area (Å²) in [4.78, 5) is 14.1. The molecule has 0 bridgehead atoms. The van der Waals surface area contributed by atoms with Crippen molar-refractivity contribution in [2.24, 2.45) is 0 Å². The van der Waals surface area contributed by atoms with Gasteiger partial charge in [0.2, 0.25) is 15.9 Å². The molecule has 0 unspecified atom stereocenters. The Bertz CT molecular complexity index is 634. The van der Waals surface area contributed by atoms with Gasteiger partial charge in [0.15, 0.2) is 0 Å². The Balaban J connectivity index is 3.24. The molecule has 1 aromatic carbocycles. The van der Waals surface area contributed by atoms with Gasteiger partial charge in [0.1, 0.15) is 6.54 Å². The van der Waals surface area contributed by atoms with Gasteiger partial charge in [-0.05, 0) is 30.4 Å². The Morgan fingerprint density at radius 3 is 2.04 bits per heavy atom. The van der Waals surface area contributed by atoms with E-state index in [4.69, 9.17) is 0 Å². The zero-order valence-electron chi connectivity index (χ0n) is 15.5. The van der Waals surface area contributed by atoms with Crippen LogP contribution in [-0.2, 0) is 27.7 Å². The first-order chi connectivity index (χ1) is 11.3. The normalized spacial score (nSPS) is 11.4. The zero-order valence-corrected chi connectivity index (χ0v) is 16.3. The number of rotatable bonds is 9. The quantitative estimate of drug-likeness (QED) is 0.685. The fourth-order valence-electron chi connectivity index (χ4n) is 2.66. The van der Waals surface area contributed by atoms with Gasteiger partial charge >= 0.3 is 0 Å². The number of hydrogen-bond acceptors (Lipinski definition) is 3. The minimum Gasteiger partial charge on any atom is -0.344 e. The SMILES string of the molecule is CCCCN(C)C(=O)CN(c1c(CC)cccc1CC)S(C)(=O)=O. The van der Waals surface area contributed by atoms with E-state index in [1.165, 1.54) is 4.31 Å². The summed E-state index contributed by atoms with van der Waals surface area (Å²) in [5.41, 5.74) is 2.56. The predicted molar refractivity (Wildman–Crippen MR) is 99.9 cm³/mol. The van der Waals surface area contributed by atoms with Crippen LogP contribution in [0.25, 0.3) is 0 Å². The van der Waals surface area contributed by atoms with Crippen molar-refractivity contribution in [1.82, 2.24) is 4.90 Å². The number of unbranched alkanes of at least 4 members (excludes halogenated alkanes) is 1. The highest BCUT2D eigenvalue weighted by atomic mass is 32.2. The Morgan fingerprint density at radius 2 is 1.62 bits per heavy atom. The van der Waals surface area contributed by atoms with Gasteiger partial charge < -0.3 is 4.90 Å². The maximum absolute atomic E-state index is 12.5. The molecule has 136 valence electrons. The molecule has 6 heteroatoms. The van der Waals surface area contributed by atoms with Crippen LogP contribution in [-0.4, -0.2) is 45.6 Å². The van der Waals surface area contributed by atoms with Gasteiger partial charge in [-0.1, -0.05) is 45.4 Å². The smallest absolute Gasteiger partial charge is 0.243 e. The number of sulfonamides is 1. The fraction of sp³-hybridized carbons (Fsp3) is 0.611. The molecule has 0 aliphatic heterocycles. The molecule has 1 amide bonds. The van der Waals surface area contributed by atoms with E-state index in [-0.39, 0.29) is 12.5 Å². The monoisotopic (exact) mass is 354 g/mol. The largest absolute Gasteiger partial charge is 0.344 e. The number of carbonyl (C=O) groups is 1. The summed E-state index contributed by atoms with van der Waals surface area (Å²) in [5, 5.41) is 0. The van der Waals surface area contributed by atoms with E-state index in [9.17, 15) is 13.2 Å². The lowest BCUT2D eigenvalue weighted by atomic mass is 10.0. The molecule has 24 heavy (non-hydrogen) atoms.